The molecule has 0 saturated heterocycles. The number of anilines is 1. The Kier molecular flexibility index (Phi) is 5.23. The first kappa shape index (κ1) is 17.2. The molecule has 1 N–H and O–H groups in total. The smallest absolute Gasteiger partial charge is 0.288 e. The summed E-state index contributed by atoms with van der Waals surface area (Å²) in [6.45, 7) is 1.66. The summed E-state index contributed by atoms with van der Waals surface area (Å²) in [6.07, 6.45) is 0. The van der Waals surface area contributed by atoms with Gasteiger partial charge in [-0.25, -0.2) is 0 Å². The molecule has 0 aliphatic carbocycles. The Morgan fingerprint density at radius 3 is 2.61 bits per heavy atom. The van der Waals surface area contributed by atoms with Gasteiger partial charge in [0.05, 0.1) is 16.5 Å². The highest BCUT2D eigenvalue weighted by atomic mass is 79.9. The highest BCUT2D eigenvalue weighted by molar-refractivity contribution is 9.10. The van der Waals surface area contributed by atoms with Crippen LogP contribution in [0.5, 0.6) is 5.75 Å². The Morgan fingerprint density at radius 2 is 2.04 bits per heavy atom. The number of carbonyl (C=O) groups excluding carboxylic acids is 1. The van der Waals surface area contributed by atoms with Crippen LogP contribution >= 0.6 is 27.5 Å². The second kappa shape index (κ2) is 6.97. The Labute approximate surface area is 145 Å². The zero-order valence-electron chi connectivity index (χ0n) is 12.2. The molecule has 0 heterocycles. The fourth-order valence-corrected chi connectivity index (χ4v) is 2.72. The van der Waals surface area contributed by atoms with Crippen LogP contribution in [-0.2, 0) is 0 Å². The van der Waals surface area contributed by atoms with Crippen LogP contribution < -0.4 is 10.1 Å². The first-order chi connectivity index (χ1) is 10.8. The van der Waals surface area contributed by atoms with Gasteiger partial charge in [0.2, 0.25) is 0 Å². The van der Waals surface area contributed by atoms with Crippen LogP contribution in [0.15, 0.2) is 34.8 Å². The van der Waals surface area contributed by atoms with E-state index < -0.39 is 4.92 Å². The number of hydrogen-bond acceptors (Lipinski definition) is 4. The highest BCUT2D eigenvalue weighted by Gasteiger charge is 2.17. The molecule has 0 bridgehead atoms. The molecule has 6 nitrogen and oxygen atoms in total. The molecule has 120 valence electrons. The number of carbonyl (C=O) groups is 1. The van der Waals surface area contributed by atoms with Crippen LogP contribution in [-0.4, -0.2) is 17.9 Å². The number of amides is 1. The summed E-state index contributed by atoms with van der Waals surface area (Å²) in [4.78, 5) is 22.6. The first-order valence-corrected chi connectivity index (χ1v) is 7.60. The van der Waals surface area contributed by atoms with Gasteiger partial charge in [-0.15, -0.1) is 0 Å². The second-order valence-corrected chi connectivity index (χ2v) is 5.94. The fourth-order valence-electron chi connectivity index (χ4n) is 1.94. The summed E-state index contributed by atoms with van der Waals surface area (Å²) < 4.78 is 5.75. The fraction of sp³-hybridized carbons (Fsp3) is 0.133. The van der Waals surface area contributed by atoms with Gasteiger partial charge in [0, 0.05) is 17.3 Å². The molecule has 0 unspecified atom stereocenters. The van der Waals surface area contributed by atoms with Crippen molar-refractivity contribution in [3.8, 4) is 5.75 Å². The highest BCUT2D eigenvalue weighted by Crippen LogP contribution is 2.31. The summed E-state index contributed by atoms with van der Waals surface area (Å²) in [6, 6.07) is 7.58. The number of ether oxygens (including phenoxy) is 1. The third-order valence-corrected chi connectivity index (χ3v) is 4.08. The lowest BCUT2D eigenvalue weighted by Crippen LogP contribution is -2.13. The normalized spacial score (nSPS) is 10.3. The number of nitrogens with zero attached hydrogens (tertiary/aromatic N) is 1. The molecule has 2 aromatic rings. The van der Waals surface area contributed by atoms with E-state index in [1.54, 1.807) is 25.1 Å². The number of nitro groups is 1. The van der Waals surface area contributed by atoms with Crippen molar-refractivity contribution >= 4 is 44.8 Å². The van der Waals surface area contributed by atoms with Crippen LogP contribution in [0.1, 0.15) is 15.9 Å². The first-order valence-electron chi connectivity index (χ1n) is 6.43. The molecule has 0 radical (unpaired) electrons. The maximum absolute atomic E-state index is 12.3. The van der Waals surface area contributed by atoms with E-state index in [9.17, 15) is 14.9 Å². The van der Waals surface area contributed by atoms with Crippen LogP contribution in [0.4, 0.5) is 11.4 Å². The number of rotatable bonds is 4. The molecule has 0 fully saturated rings. The van der Waals surface area contributed by atoms with Crippen molar-refractivity contribution < 1.29 is 14.5 Å². The van der Waals surface area contributed by atoms with Crippen molar-refractivity contribution in [1.82, 2.24) is 0 Å². The predicted molar refractivity (Wildman–Crippen MR) is 91.5 cm³/mol. The van der Waals surface area contributed by atoms with Crippen molar-refractivity contribution in [3.63, 3.8) is 0 Å². The summed E-state index contributed by atoms with van der Waals surface area (Å²) in [5, 5.41) is 13.5. The second-order valence-electron chi connectivity index (χ2n) is 4.68. The minimum Gasteiger partial charge on any atom is -0.496 e. The minimum atomic E-state index is -0.568. The number of nitro benzene ring substituents is 1. The van der Waals surface area contributed by atoms with Crippen LogP contribution in [0.3, 0.4) is 0 Å². The molecular weight excluding hydrogens is 388 g/mol. The summed E-state index contributed by atoms with van der Waals surface area (Å²) in [5.41, 5.74) is 1.17. The van der Waals surface area contributed by atoms with Crippen molar-refractivity contribution in [1.29, 1.82) is 0 Å². The van der Waals surface area contributed by atoms with E-state index in [2.05, 4.69) is 21.2 Å². The minimum absolute atomic E-state index is 0.0354. The zero-order chi connectivity index (χ0) is 17.1. The van der Waals surface area contributed by atoms with E-state index in [0.29, 0.717) is 27.0 Å². The van der Waals surface area contributed by atoms with E-state index in [0.717, 1.165) is 0 Å². The summed E-state index contributed by atoms with van der Waals surface area (Å²) in [5.74, 6) is 0.248. The lowest BCUT2D eigenvalue weighted by molar-refractivity contribution is -0.384. The van der Waals surface area contributed by atoms with Crippen molar-refractivity contribution in [2.45, 2.75) is 6.92 Å². The van der Waals surface area contributed by atoms with E-state index in [-0.39, 0.29) is 16.6 Å². The molecule has 0 saturated carbocycles. The van der Waals surface area contributed by atoms with E-state index in [4.69, 9.17) is 16.3 Å². The monoisotopic (exact) mass is 398 g/mol. The van der Waals surface area contributed by atoms with E-state index in [1.165, 1.54) is 19.2 Å². The van der Waals surface area contributed by atoms with Crippen LogP contribution in [0.25, 0.3) is 0 Å². The lowest BCUT2D eigenvalue weighted by Gasteiger charge is -2.10. The van der Waals surface area contributed by atoms with Crippen LogP contribution in [0.2, 0.25) is 5.02 Å². The molecule has 23 heavy (non-hydrogen) atoms. The van der Waals surface area contributed by atoms with Crippen molar-refractivity contribution in [2.24, 2.45) is 0 Å². The predicted octanol–water partition coefficient (Wildman–Crippen LogP) is 4.58. The van der Waals surface area contributed by atoms with Gasteiger partial charge in [-0.1, -0.05) is 11.6 Å². The molecule has 2 rings (SSSR count). The molecule has 0 aliphatic rings. The van der Waals surface area contributed by atoms with E-state index >= 15 is 0 Å². The molecule has 0 aliphatic heterocycles. The average Bonchev–Trinajstić information content (AvgIpc) is 2.50. The standard InChI is InChI=1S/C15H12BrClN2O4/c1-8-5-13(19(21)22)11(17)7-12(8)18-15(20)9-3-4-14(23-2)10(16)6-9/h3-7H,1-2H3,(H,18,20). The van der Waals surface area contributed by atoms with Gasteiger partial charge in [0.15, 0.2) is 0 Å². The average molecular weight is 400 g/mol. The van der Waals surface area contributed by atoms with Gasteiger partial charge in [-0.05, 0) is 52.7 Å². The molecule has 2 aromatic carbocycles. The summed E-state index contributed by atoms with van der Waals surface area (Å²) in [7, 11) is 1.53. The molecule has 1 amide bonds. The number of benzene rings is 2. The maximum Gasteiger partial charge on any atom is 0.288 e. The molecule has 8 heteroatoms. The van der Waals surface area contributed by atoms with Crippen LogP contribution in [0, 0.1) is 17.0 Å². The van der Waals surface area contributed by atoms with Gasteiger partial charge < -0.3 is 10.1 Å². The number of methoxy groups -OCH3 is 1. The SMILES string of the molecule is COc1ccc(C(=O)Nc2cc(Cl)c([N+](=O)[O-])cc2C)cc1Br. The zero-order valence-corrected chi connectivity index (χ0v) is 14.6. The summed E-state index contributed by atoms with van der Waals surface area (Å²) >= 11 is 9.19. The van der Waals surface area contributed by atoms with Gasteiger partial charge in [-0.3, -0.25) is 14.9 Å². The van der Waals surface area contributed by atoms with Gasteiger partial charge >= 0.3 is 0 Å². The number of aryl methyl sites for hydroxylation is 1. The number of nitrogens with one attached hydrogen (secondary N) is 1. The van der Waals surface area contributed by atoms with Gasteiger partial charge in [-0.2, -0.15) is 0 Å². The Morgan fingerprint density at radius 1 is 1.35 bits per heavy atom. The van der Waals surface area contributed by atoms with Gasteiger partial charge in [0.25, 0.3) is 11.6 Å². The lowest BCUT2D eigenvalue weighted by atomic mass is 10.1. The van der Waals surface area contributed by atoms with Crippen molar-refractivity contribution in [2.75, 3.05) is 12.4 Å². The third kappa shape index (κ3) is 3.80. The van der Waals surface area contributed by atoms with E-state index in [1.807, 2.05) is 0 Å². The molecule has 0 spiro atoms. The van der Waals surface area contributed by atoms with Gasteiger partial charge in [0.1, 0.15) is 10.8 Å². The third-order valence-electron chi connectivity index (χ3n) is 3.15. The van der Waals surface area contributed by atoms with Crippen molar-refractivity contribution in [3.05, 3.63) is 61.1 Å². The number of hydrogen-bond donors (Lipinski definition) is 1. The Balaban J connectivity index is 2.28. The quantitative estimate of drug-likeness (QED) is 0.602. The number of halogens is 2. The molecule has 0 atom stereocenters. The molecule has 0 aromatic heterocycles. The Bertz CT molecular complexity index is 795. The Hall–Kier alpha value is -2.12. The molecular formula is C15H12BrClN2O4. The maximum atomic E-state index is 12.3. The topological polar surface area (TPSA) is 81.5 Å². The largest absolute Gasteiger partial charge is 0.496 e.